The smallest absolute Gasteiger partial charge is 0.357 e. The molecule has 0 aromatic carbocycles. The number of fused-ring (bicyclic) bond motifs is 1. The van der Waals surface area contributed by atoms with Crippen LogP contribution in [-0.4, -0.2) is 23.7 Å². The Labute approximate surface area is 100 Å². The second kappa shape index (κ2) is 3.14. The van der Waals surface area contributed by atoms with Crippen molar-refractivity contribution in [1.29, 1.82) is 0 Å². The third kappa shape index (κ3) is 1.02. The number of epoxide rings is 1. The Hall–Kier alpha value is -0.280. The SMILES string of the molecule is COC(=O)C1(Cl)OC12CCCC21CCCC1. The number of halogens is 1. The third-order valence-corrected chi connectivity index (χ3v) is 5.38. The molecule has 3 fully saturated rings. The average molecular weight is 245 g/mol. The van der Waals surface area contributed by atoms with Gasteiger partial charge in [-0.3, -0.25) is 0 Å². The molecule has 4 heteroatoms. The molecule has 2 spiro atoms. The minimum Gasteiger partial charge on any atom is -0.466 e. The number of hydrogen-bond donors (Lipinski definition) is 0. The van der Waals surface area contributed by atoms with E-state index in [-0.39, 0.29) is 5.41 Å². The lowest BCUT2D eigenvalue weighted by Crippen LogP contribution is -2.39. The molecule has 2 saturated carbocycles. The van der Waals surface area contributed by atoms with E-state index < -0.39 is 16.6 Å². The summed E-state index contributed by atoms with van der Waals surface area (Å²) in [4.78, 5) is 11.7. The summed E-state index contributed by atoms with van der Waals surface area (Å²) in [6.45, 7) is 0. The fourth-order valence-corrected chi connectivity index (χ4v) is 4.57. The molecule has 0 amide bonds. The van der Waals surface area contributed by atoms with E-state index in [1.807, 2.05) is 0 Å². The normalized spacial score (nSPS) is 44.1. The average Bonchev–Trinajstić information content (AvgIpc) is 2.70. The molecule has 0 aromatic rings. The van der Waals surface area contributed by atoms with Gasteiger partial charge in [-0.25, -0.2) is 4.79 Å². The lowest BCUT2D eigenvalue weighted by atomic mass is 9.74. The van der Waals surface area contributed by atoms with Crippen LogP contribution in [0.15, 0.2) is 0 Å². The summed E-state index contributed by atoms with van der Waals surface area (Å²) in [5.74, 6) is -0.414. The van der Waals surface area contributed by atoms with Crippen molar-refractivity contribution < 1.29 is 14.3 Å². The Morgan fingerprint density at radius 1 is 1.19 bits per heavy atom. The molecule has 3 aliphatic rings. The van der Waals surface area contributed by atoms with Gasteiger partial charge in [0.2, 0.25) is 0 Å². The fourth-order valence-electron chi connectivity index (χ4n) is 4.06. The highest BCUT2D eigenvalue weighted by atomic mass is 35.5. The van der Waals surface area contributed by atoms with E-state index in [0.717, 1.165) is 32.1 Å². The molecule has 16 heavy (non-hydrogen) atoms. The van der Waals surface area contributed by atoms with Gasteiger partial charge in [0.15, 0.2) is 0 Å². The van der Waals surface area contributed by atoms with Gasteiger partial charge < -0.3 is 9.47 Å². The predicted octanol–water partition coefficient (Wildman–Crippen LogP) is 2.61. The molecule has 0 bridgehead atoms. The number of hydrogen-bond acceptors (Lipinski definition) is 3. The molecule has 2 atom stereocenters. The van der Waals surface area contributed by atoms with Crippen LogP contribution in [0.4, 0.5) is 0 Å². The number of rotatable bonds is 1. The second-order valence-corrected chi connectivity index (χ2v) is 5.89. The van der Waals surface area contributed by atoms with Crippen molar-refractivity contribution in [3.8, 4) is 0 Å². The van der Waals surface area contributed by atoms with Gasteiger partial charge in [0.1, 0.15) is 5.60 Å². The van der Waals surface area contributed by atoms with Crippen LogP contribution < -0.4 is 0 Å². The van der Waals surface area contributed by atoms with Crippen LogP contribution in [0.5, 0.6) is 0 Å². The first-order chi connectivity index (χ1) is 7.60. The summed E-state index contributed by atoms with van der Waals surface area (Å²) in [6.07, 6.45) is 7.95. The van der Waals surface area contributed by atoms with Crippen molar-refractivity contribution in [3.05, 3.63) is 0 Å². The van der Waals surface area contributed by atoms with Crippen LogP contribution in [0, 0.1) is 5.41 Å². The van der Waals surface area contributed by atoms with Crippen molar-refractivity contribution in [1.82, 2.24) is 0 Å². The Bertz CT molecular complexity index is 332. The fraction of sp³-hybridized carbons (Fsp3) is 0.917. The summed E-state index contributed by atoms with van der Waals surface area (Å²) in [6, 6.07) is 0. The summed E-state index contributed by atoms with van der Waals surface area (Å²) in [7, 11) is 1.37. The van der Waals surface area contributed by atoms with Crippen molar-refractivity contribution in [2.75, 3.05) is 7.11 Å². The molecule has 3 nitrogen and oxygen atoms in total. The summed E-state index contributed by atoms with van der Waals surface area (Å²) in [5, 5.41) is -1.18. The summed E-state index contributed by atoms with van der Waals surface area (Å²) >= 11 is 6.33. The number of ether oxygens (including phenoxy) is 2. The monoisotopic (exact) mass is 244 g/mol. The second-order valence-electron chi connectivity index (χ2n) is 5.36. The highest BCUT2D eigenvalue weighted by molar-refractivity contribution is 6.36. The Kier molecular flexibility index (Phi) is 2.13. The largest absolute Gasteiger partial charge is 0.466 e. The molecule has 0 aromatic heterocycles. The van der Waals surface area contributed by atoms with Crippen molar-refractivity contribution >= 4 is 17.6 Å². The number of alkyl halides is 1. The van der Waals surface area contributed by atoms with Gasteiger partial charge in [0.25, 0.3) is 5.06 Å². The zero-order valence-corrected chi connectivity index (χ0v) is 10.3. The summed E-state index contributed by atoms with van der Waals surface area (Å²) in [5.41, 5.74) is -0.256. The molecule has 2 aliphatic carbocycles. The minimum atomic E-state index is -1.18. The molecule has 3 rings (SSSR count). The molecule has 1 aliphatic heterocycles. The van der Waals surface area contributed by atoms with E-state index in [0.29, 0.717) is 0 Å². The Morgan fingerprint density at radius 3 is 2.44 bits per heavy atom. The maximum Gasteiger partial charge on any atom is 0.357 e. The zero-order chi connectivity index (χ0) is 11.4. The molecule has 0 radical (unpaired) electrons. The molecular weight excluding hydrogens is 228 g/mol. The Balaban J connectivity index is 1.93. The maximum absolute atomic E-state index is 11.7. The number of esters is 1. The van der Waals surface area contributed by atoms with E-state index in [2.05, 4.69) is 0 Å². The van der Waals surface area contributed by atoms with E-state index in [1.54, 1.807) is 0 Å². The van der Waals surface area contributed by atoms with Gasteiger partial charge in [-0.2, -0.15) is 0 Å². The quantitative estimate of drug-likeness (QED) is 0.404. The van der Waals surface area contributed by atoms with Crippen molar-refractivity contribution in [2.24, 2.45) is 5.41 Å². The van der Waals surface area contributed by atoms with Crippen LogP contribution in [0.1, 0.15) is 44.9 Å². The van der Waals surface area contributed by atoms with Gasteiger partial charge in [0, 0.05) is 5.41 Å². The van der Waals surface area contributed by atoms with Crippen LogP contribution in [-0.2, 0) is 14.3 Å². The van der Waals surface area contributed by atoms with E-state index in [1.165, 1.54) is 20.0 Å². The standard InChI is InChI=1S/C12H17ClO3/c1-15-9(14)12(13)11(16-12)8-4-7-10(11)5-2-3-6-10/h2-8H2,1H3. The first kappa shape index (κ1) is 10.8. The van der Waals surface area contributed by atoms with Crippen LogP contribution >= 0.6 is 11.6 Å². The lowest BCUT2D eigenvalue weighted by Gasteiger charge is -2.29. The molecule has 1 saturated heterocycles. The summed E-state index contributed by atoms with van der Waals surface area (Å²) < 4.78 is 10.5. The van der Waals surface area contributed by atoms with Gasteiger partial charge >= 0.3 is 5.97 Å². The molecule has 2 unspecified atom stereocenters. The number of carbonyl (C=O) groups excluding carboxylic acids is 1. The van der Waals surface area contributed by atoms with Gasteiger partial charge in [0.05, 0.1) is 7.11 Å². The van der Waals surface area contributed by atoms with Crippen LogP contribution in [0.3, 0.4) is 0 Å². The molecule has 1 heterocycles. The first-order valence-corrected chi connectivity index (χ1v) is 6.46. The van der Waals surface area contributed by atoms with E-state index in [9.17, 15) is 4.79 Å². The molecular formula is C12H17ClO3. The Morgan fingerprint density at radius 2 is 1.81 bits per heavy atom. The van der Waals surface area contributed by atoms with Crippen LogP contribution in [0.25, 0.3) is 0 Å². The zero-order valence-electron chi connectivity index (χ0n) is 9.55. The van der Waals surface area contributed by atoms with E-state index in [4.69, 9.17) is 21.1 Å². The topological polar surface area (TPSA) is 38.8 Å². The van der Waals surface area contributed by atoms with E-state index >= 15 is 0 Å². The van der Waals surface area contributed by atoms with Gasteiger partial charge in [-0.05, 0) is 32.1 Å². The highest BCUT2D eigenvalue weighted by Gasteiger charge is 2.83. The van der Waals surface area contributed by atoms with Crippen molar-refractivity contribution in [3.63, 3.8) is 0 Å². The number of methoxy groups -OCH3 is 1. The number of carbonyl (C=O) groups is 1. The van der Waals surface area contributed by atoms with Gasteiger partial charge in [-0.15, -0.1) is 0 Å². The van der Waals surface area contributed by atoms with Crippen LogP contribution in [0.2, 0.25) is 0 Å². The minimum absolute atomic E-state index is 0.156. The third-order valence-electron chi connectivity index (χ3n) is 4.84. The van der Waals surface area contributed by atoms with Gasteiger partial charge in [-0.1, -0.05) is 24.4 Å². The first-order valence-electron chi connectivity index (χ1n) is 6.08. The highest BCUT2D eigenvalue weighted by Crippen LogP contribution is 2.72. The maximum atomic E-state index is 11.7. The molecule has 0 N–H and O–H groups in total. The predicted molar refractivity (Wildman–Crippen MR) is 59.2 cm³/mol. The molecule has 90 valence electrons. The van der Waals surface area contributed by atoms with Crippen molar-refractivity contribution in [2.45, 2.75) is 55.6 Å². The lowest BCUT2D eigenvalue weighted by molar-refractivity contribution is -0.143.